The summed E-state index contributed by atoms with van der Waals surface area (Å²) in [6, 6.07) is 15.6. The summed E-state index contributed by atoms with van der Waals surface area (Å²) in [6.07, 6.45) is 0. The molecule has 0 spiro atoms. The standard InChI is InChI=1S/C17H13FN2OS2/c18-12-8-6-11(7-9-12)16-20-14(10-23-16)15(21)19(17(20)22)13-4-2-1-3-5-13/h1-9,14,16H,10H2/t14-,16-/m0/s1. The average molecular weight is 344 g/mol. The zero-order valence-corrected chi connectivity index (χ0v) is 13.7. The highest BCUT2D eigenvalue weighted by atomic mass is 32.2. The molecule has 2 atom stereocenters. The monoisotopic (exact) mass is 344 g/mol. The Morgan fingerprint density at radius 3 is 2.48 bits per heavy atom. The molecule has 116 valence electrons. The molecule has 4 rings (SSSR count). The predicted octanol–water partition coefficient (Wildman–Crippen LogP) is 3.57. The number of anilines is 1. The van der Waals surface area contributed by atoms with Crippen LogP contribution in [0.25, 0.3) is 0 Å². The maximum atomic E-state index is 13.2. The SMILES string of the molecule is O=C1[C@@H]2CS[C@@H](c3ccc(F)cc3)N2C(=S)N1c1ccccc1. The second-order valence-electron chi connectivity index (χ2n) is 5.45. The lowest BCUT2D eigenvalue weighted by molar-refractivity contribution is -0.119. The van der Waals surface area contributed by atoms with Crippen LogP contribution in [0.2, 0.25) is 0 Å². The van der Waals surface area contributed by atoms with Crippen LogP contribution in [-0.2, 0) is 4.79 Å². The molecule has 0 aromatic heterocycles. The Hall–Kier alpha value is -1.92. The Bertz CT molecular complexity index is 766. The fourth-order valence-corrected chi connectivity index (χ4v) is 4.91. The van der Waals surface area contributed by atoms with Crippen molar-refractivity contribution in [1.29, 1.82) is 0 Å². The van der Waals surface area contributed by atoms with Gasteiger partial charge in [-0.25, -0.2) is 4.39 Å². The number of para-hydroxylation sites is 1. The molecule has 1 amide bonds. The van der Waals surface area contributed by atoms with Crippen LogP contribution in [0.3, 0.4) is 0 Å². The lowest BCUT2D eigenvalue weighted by atomic mass is 10.2. The van der Waals surface area contributed by atoms with E-state index >= 15 is 0 Å². The summed E-state index contributed by atoms with van der Waals surface area (Å²) in [4.78, 5) is 16.3. The van der Waals surface area contributed by atoms with Gasteiger partial charge in [-0.3, -0.25) is 9.69 Å². The fourth-order valence-electron chi connectivity index (χ4n) is 2.99. The van der Waals surface area contributed by atoms with E-state index in [0.29, 0.717) is 10.9 Å². The first kappa shape index (κ1) is 14.7. The number of carbonyl (C=O) groups is 1. The highest BCUT2D eigenvalue weighted by molar-refractivity contribution is 7.99. The number of rotatable bonds is 2. The van der Waals surface area contributed by atoms with Crippen molar-refractivity contribution >= 4 is 40.7 Å². The van der Waals surface area contributed by atoms with Crippen LogP contribution < -0.4 is 4.90 Å². The molecular formula is C17H13FN2OS2. The van der Waals surface area contributed by atoms with Crippen LogP contribution in [-0.4, -0.2) is 27.7 Å². The lowest BCUT2D eigenvalue weighted by Gasteiger charge is -2.25. The minimum Gasteiger partial charge on any atom is -0.319 e. The van der Waals surface area contributed by atoms with Gasteiger partial charge in [0.15, 0.2) is 5.11 Å². The molecule has 6 heteroatoms. The number of nitrogens with zero attached hydrogens (tertiary/aromatic N) is 2. The quantitative estimate of drug-likeness (QED) is 0.777. The van der Waals surface area contributed by atoms with Gasteiger partial charge in [0, 0.05) is 5.75 Å². The van der Waals surface area contributed by atoms with Crippen LogP contribution in [0.15, 0.2) is 54.6 Å². The maximum absolute atomic E-state index is 13.2. The van der Waals surface area contributed by atoms with E-state index in [1.54, 1.807) is 28.8 Å². The number of thiocarbonyl (C=S) groups is 1. The van der Waals surface area contributed by atoms with Gasteiger partial charge in [0.05, 0.1) is 5.69 Å². The Morgan fingerprint density at radius 2 is 1.78 bits per heavy atom. The third kappa shape index (κ3) is 2.33. The Labute approximate surface area is 143 Å². The Kier molecular flexibility index (Phi) is 3.58. The molecule has 2 aromatic rings. The van der Waals surface area contributed by atoms with Gasteiger partial charge in [0.2, 0.25) is 0 Å². The minimum absolute atomic E-state index is 0.0123. The molecule has 0 saturated carbocycles. The predicted molar refractivity (Wildman–Crippen MR) is 93.8 cm³/mol. The van der Waals surface area contributed by atoms with Crippen LogP contribution in [0.4, 0.5) is 10.1 Å². The molecular weight excluding hydrogens is 331 g/mol. The van der Waals surface area contributed by atoms with Crippen LogP contribution in [0, 0.1) is 5.82 Å². The largest absolute Gasteiger partial charge is 0.319 e. The van der Waals surface area contributed by atoms with Crippen molar-refractivity contribution in [1.82, 2.24) is 4.90 Å². The van der Waals surface area contributed by atoms with Crippen molar-refractivity contribution in [2.75, 3.05) is 10.7 Å². The topological polar surface area (TPSA) is 23.6 Å². The van der Waals surface area contributed by atoms with Crippen molar-refractivity contribution in [2.45, 2.75) is 11.4 Å². The fraction of sp³-hybridized carbons (Fsp3) is 0.176. The Balaban J connectivity index is 1.68. The number of thioether (sulfide) groups is 1. The van der Waals surface area contributed by atoms with Gasteiger partial charge < -0.3 is 4.90 Å². The summed E-state index contributed by atoms with van der Waals surface area (Å²) in [5.74, 6) is 0.433. The van der Waals surface area contributed by atoms with Gasteiger partial charge in [-0.2, -0.15) is 0 Å². The van der Waals surface area contributed by atoms with E-state index in [9.17, 15) is 9.18 Å². The first-order valence-electron chi connectivity index (χ1n) is 7.25. The molecule has 3 nitrogen and oxygen atoms in total. The van der Waals surface area contributed by atoms with Gasteiger partial charge >= 0.3 is 0 Å². The van der Waals surface area contributed by atoms with E-state index in [1.165, 1.54) is 12.1 Å². The normalized spacial score (nSPS) is 23.5. The number of benzene rings is 2. The lowest BCUT2D eigenvalue weighted by Crippen LogP contribution is -2.33. The third-order valence-electron chi connectivity index (χ3n) is 4.09. The zero-order chi connectivity index (χ0) is 16.0. The zero-order valence-electron chi connectivity index (χ0n) is 12.1. The Morgan fingerprint density at radius 1 is 1.09 bits per heavy atom. The van der Waals surface area contributed by atoms with Gasteiger partial charge in [0.25, 0.3) is 5.91 Å². The molecule has 0 radical (unpaired) electrons. The van der Waals surface area contributed by atoms with E-state index in [-0.39, 0.29) is 23.1 Å². The third-order valence-corrected chi connectivity index (χ3v) is 5.80. The molecule has 2 fully saturated rings. The van der Waals surface area contributed by atoms with Crippen molar-refractivity contribution in [3.8, 4) is 0 Å². The molecule has 2 heterocycles. The van der Waals surface area contributed by atoms with E-state index < -0.39 is 0 Å². The van der Waals surface area contributed by atoms with Gasteiger partial charge in [0.1, 0.15) is 17.2 Å². The minimum atomic E-state index is -0.265. The molecule has 0 aliphatic carbocycles. The van der Waals surface area contributed by atoms with Gasteiger partial charge in [-0.05, 0) is 42.0 Å². The highest BCUT2D eigenvalue weighted by Crippen LogP contribution is 2.46. The number of amides is 1. The smallest absolute Gasteiger partial charge is 0.257 e. The van der Waals surface area contributed by atoms with Crippen LogP contribution >= 0.6 is 24.0 Å². The molecule has 2 aliphatic rings. The van der Waals surface area contributed by atoms with Crippen molar-refractivity contribution in [3.63, 3.8) is 0 Å². The number of hydrogen-bond donors (Lipinski definition) is 0. The molecule has 2 saturated heterocycles. The summed E-state index contributed by atoms with van der Waals surface area (Å²) in [5, 5.41) is 0.469. The summed E-state index contributed by atoms with van der Waals surface area (Å²) in [6.45, 7) is 0. The average Bonchev–Trinajstić information content (AvgIpc) is 3.10. The molecule has 2 aliphatic heterocycles. The molecule has 2 aromatic carbocycles. The maximum Gasteiger partial charge on any atom is 0.257 e. The summed E-state index contributed by atoms with van der Waals surface area (Å²) < 4.78 is 13.2. The molecule has 23 heavy (non-hydrogen) atoms. The molecule has 0 bridgehead atoms. The number of hydrogen-bond acceptors (Lipinski definition) is 3. The summed E-state index contributed by atoms with van der Waals surface area (Å²) in [7, 11) is 0. The molecule has 0 unspecified atom stereocenters. The van der Waals surface area contributed by atoms with Crippen LogP contribution in [0.5, 0.6) is 0 Å². The van der Waals surface area contributed by atoms with E-state index in [0.717, 1.165) is 11.3 Å². The second kappa shape index (κ2) is 5.62. The second-order valence-corrected chi connectivity index (χ2v) is 6.93. The van der Waals surface area contributed by atoms with E-state index in [2.05, 4.69) is 0 Å². The van der Waals surface area contributed by atoms with Gasteiger partial charge in [-0.1, -0.05) is 30.3 Å². The summed E-state index contributed by atoms with van der Waals surface area (Å²) in [5.41, 5.74) is 1.75. The highest BCUT2D eigenvalue weighted by Gasteiger charge is 2.50. The molecule has 0 N–H and O–H groups in total. The van der Waals surface area contributed by atoms with Gasteiger partial charge in [-0.15, -0.1) is 11.8 Å². The number of halogens is 1. The first-order chi connectivity index (χ1) is 11.2. The summed E-state index contributed by atoms with van der Waals surface area (Å²) >= 11 is 7.25. The van der Waals surface area contributed by atoms with E-state index in [1.807, 2.05) is 35.2 Å². The van der Waals surface area contributed by atoms with Crippen molar-refractivity contribution < 1.29 is 9.18 Å². The number of fused-ring (bicyclic) bond motifs is 1. The van der Waals surface area contributed by atoms with Crippen molar-refractivity contribution in [3.05, 3.63) is 66.0 Å². The van der Waals surface area contributed by atoms with Crippen molar-refractivity contribution in [2.24, 2.45) is 0 Å². The van der Waals surface area contributed by atoms with Crippen LogP contribution in [0.1, 0.15) is 10.9 Å². The van der Waals surface area contributed by atoms with E-state index in [4.69, 9.17) is 12.2 Å². The number of carbonyl (C=O) groups excluding carboxylic acids is 1. The first-order valence-corrected chi connectivity index (χ1v) is 8.71.